The van der Waals surface area contributed by atoms with Gasteiger partial charge in [0.1, 0.15) is 88.6 Å². The Balaban J connectivity index is 1.70. The van der Waals surface area contributed by atoms with Crippen molar-refractivity contribution in [3.05, 3.63) is 46.1 Å². The standard InChI is InChI=1S/C26H28O16/c27-6-14-17(31)19(33)23(37)26(41-14)40-13-5-12-15(10(30)4-11(39-12)8-2-1-7(28)3-9(8)29)18(32)16(13)24-21(35)20(34)22(36)25(38)42-24/h1-5,14,17,19-29,31-38H,6H2/t14-,17-,19+,20-,21+,22+,23-,24+,25+,26-/m1/s1. The number of rotatable bonds is 5. The number of phenols is 3. The summed E-state index contributed by atoms with van der Waals surface area (Å²) < 4.78 is 22.0. The Hall–Kier alpha value is -3.55. The maximum Gasteiger partial charge on any atom is 0.229 e. The van der Waals surface area contributed by atoms with Crippen molar-refractivity contribution in [3.63, 3.8) is 0 Å². The summed E-state index contributed by atoms with van der Waals surface area (Å²) in [6, 6.07) is 5.32. The number of aliphatic hydroxyl groups is 8. The minimum absolute atomic E-state index is 0.0296. The molecule has 0 saturated carbocycles. The summed E-state index contributed by atoms with van der Waals surface area (Å²) in [6.45, 7) is -0.810. The summed E-state index contributed by atoms with van der Waals surface area (Å²) in [7, 11) is 0. The van der Waals surface area contributed by atoms with Gasteiger partial charge in [0.2, 0.25) is 6.29 Å². The van der Waals surface area contributed by atoms with Gasteiger partial charge in [-0.15, -0.1) is 0 Å². The molecule has 11 N–H and O–H groups in total. The van der Waals surface area contributed by atoms with Crippen LogP contribution in [0.3, 0.4) is 0 Å². The molecule has 2 aromatic carbocycles. The molecule has 0 spiro atoms. The molecular formula is C26H28O16. The van der Waals surface area contributed by atoms with Crippen LogP contribution in [0.1, 0.15) is 11.7 Å². The number of aliphatic hydroxyl groups excluding tert-OH is 8. The summed E-state index contributed by atoms with van der Waals surface area (Å²) in [4.78, 5) is 13.2. The molecule has 5 rings (SSSR count). The normalized spacial score (nSPS) is 33.5. The summed E-state index contributed by atoms with van der Waals surface area (Å²) in [6.07, 6.45) is -18.8. The summed E-state index contributed by atoms with van der Waals surface area (Å²) in [5.41, 5.74) is -1.89. The SMILES string of the molecule is O=c1cc(-c2ccc(O)cc2O)oc2cc(O[C@@H]3O[C@H](CO)[C@@H](O)[C@H](O)[C@H]3O)c([C@@H]3O[C@H](O)[C@@H](O)[C@H](O)[C@@H]3O)c(O)c12. The molecule has 16 nitrogen and oxygen atoms in total. The van der Waals surface area contributed by atoms with Crippen molar-refractivity contribution in [2.75, 3.05) is 6.61 Å². The molecule has 3 aromatic rings. The van der Waals surface area contributed by atoms with Crippen LogP contribution in [0.4, 0.5) is 0 Å². The number of hydrogen-bond acceptors (Lipinski definition) is 16. The second-order valence-electron chi connectivity index (χ2n) is 9.92. The third-order valence-electron chi connectivity index (χ3n) is 7.21. The molecule has 0 aliphatic carbocycles. The highest BCUT2D eigenvalue weighted by Crippen LogP contribution is 2.46. The number of benzene rings is 2. The fourth-order valence-corrected chi connectivity index (χ4v) is 4.92. The van der Waals surface area contributed by atoms with Crippen molar-refractivity contribution in [1.29, 1.82) is 0 Å². The molecule has 2 aliphatic rings. The minimum atomic E-state index is -2.08. The monoisotopic (exact) mass is 596 g/mol. The molecule has 228 valence electrons. The van der Waals surface area contributed by atoms with E-state index < -0.39 is 107 Å². The topological polar surface area (TPSA) is 280 Å². The van der Waals surface area contributed by atoms with Crippen LogP contribution in [-0.4, -0.2) is 118 Å². The highest BCUT2D eigenvalue weighted by atomic mass is 16.7. The lowest BCUT2D eigenvalue weighted by Gasteiger charge is -2.41. The van der Waals surface area contributed by atoms with Gasteiger partial charge in [0.15, 0.2) is 11.7 Å². The van der Waals surface area contributed by atoms with Crippen molar-refractivity contribution in [3.8, 4) is 34.3 Å². The Morgan fingerprint density at radius 3 is 2.14 bits per heavy atom. The number of aromatic hydroxyl groups is 3. The molecule has 2 aliphatic heterocycles. The zero-order valence-corrected chi connectivity index (χ0v) is 21.3. The van der Waals surface area contributed by atoms with E-state index in [-0.39, 0.29) is 17.1 Å². The Kier molecular flexibility index (Phi) is 8.03. The molecule has 0 amide bonds. The smallest absolute Gasteiger partial charge is 0.229 e. The van der Waals surface area contributed by atoms with Gasteiger partial charge in [0, 0.05) is 18.2 Å². The fourth-order valence-electron chi connectivity index (χ4n) is 4.92. The van der Waals surface area contributed by atoms with E-state index in [9.17, 15) is 61.0 Å². The van der Waals surface area contributed by atoms with E-state index in [1.54, 1.807) is 0 Å². The first kappa shape index (κ1) is 29.9. The predicted octanol–water partition coefficient (Wildman–Crippen LogP) is -2.77. The van der Waals surface area contributed by atoms with Crippen LogP contribution in [0.2, 0.25) is 0 Å². The van der Waals surface area contributed by atoms with Crippen LogP contribution in [0, 0.1) is 0 Å². The minimum Gasteiger partial charge on any atom is -0.508 e. The average molecular weight is 596 g/mol. The van der Waals surface area contributed by atoms with Crippen molar-refractivity contribution in [2.24, 2.45) is 0 Å². The first-order valence-corrected chi connectivity index (χ1v) is 12.5. The van der Waals surface area contributed by atoms with Gasteiger partial charge in [-0.05, 0) is 12.1 Å². The molecule has 3 heterocycles. The third kappa shape index (κ3) is 5.03. The van der Waals surface area contributed by atoms with Gasteiger partial charge < -0.3 is 74.8 Å². The van der Waals surface area contributed by atoms with Gasteiger partial charge in [0.25, 0.3) is 0 Å². The molecule has 10 atom stereocenters. The van der Waals surface area contributed by atoms with E-state index in [0.29, 0.717) is 0 Å². The number of phenolic OH excluding ortho intramolecular Hbond substituents is 3. The summed E-state index contributed by atoms with van der Waals surface area (Å²) in [5, 5.41) is 112. The lowest BCUT2D eigenvalue weighted by atomic mass is 9.91. The van der Waals surface area contributed by atoms with Crippen molar-refractivity contribution in [1.82, 2.24) is 0 Å². The zero-order valence-electron chi connectivity index (χ0n) is 21.3. The van der Waals surface area contributed by atoms with Crippen molar-refractivity contribution in [2.45, 2.75) is 61.4 Å². The van der Waals surface area contributed by atoms with Crippen LogP contribution in [-0.2, 0) is 9.47 Å². The van der Waals surface area contributed by atoms with Gasteiger partial charge in [0.05, 0.1) is 17.7 Å². The lowest BCUT2D eigenvalue weighted by molar-refractivity contribution is -0.287. The number of fused-ring (bicyclic) bond motifs is 1. The molecule has 42 heavy (non-hydrogen) atoms. The highest BCUT2D eigenvalue weighted by Gasteiger charge is 2.48. The molecule has 2 saturated heterocycles. The van der Waals surface area contributed by atoms with E-state index in [1.807, 2.05) is 0 Å². The van der Waals surface area contributed by atoms with Gasteiger partial charge in [-0.3, -0.25) is 4.79 Å². The Labute approximate surface area is 234 Å². The number of ether oxygens (including phenoxy) is 3. The summed E-state index contributed by atoms with van der Waals surface area (Å²) >= 11 is 0. The van der Waals surface area contributed by atoms with Crippen molar-refractivity contribution < 1.29 is 74.8 Å². The Bertz CT molecular complexity index is 1520. The maximum atomic E-state index is 13.2. The van der Waals surface area contributed by atoms with Crippen molar-refractivity contribution >= 4 is 11.0 Å². The van der Waals surface area contributed by atoms with Crippen LogP contribution < -0.4 is 10.2 Å². The van der Waals surface area contributed by atoms with E-state index in [2.05, 4.69) is 0 Å². The van der Waals surface area contributed by atoms with Crippen LogP contribution in [0.25, 0.3) is 22.3 Å². The summed E-state index contributed by atoms with van der Waals surface area (Å²) in [5.74, 6) is -2.46. The van der Waals surface area contributed by atoms with E-state index in [0.717, 1.165) is 18.2 Å². The Morgan fingerprint density at radius 1 is 0.786 bits per heavy atom. The largest absolute Gasteiger partial charge is 0.508 e. The molecule has 0 bridgehead atoms. The molecule has 2 fully saturated rings. The molecular weight excluding hydrogens is 568 g/mol. The second kappa shape index (κ2) is 11.3. The number of hydrogen-bond donors (Lipinski definition) is 11. The van der Waals surface area contributed by atoms with Gasteiger partial charge in [-0.1, -0.05) is 0 Å². The van der Waals surface area contributed by atoms with Crippen LogP contribution in [0.5, 0.6) is 23.0 Å². The van der Waals surface area contributed by atoms with Gasteiger partial charge >= 0.3 is 0 Å². The molecule has 16 heteroatoms. The Morgan fingerprint density at radius 2 is 1.48 bits per heavy atom. The van der Waals surface area contributed by atoms with Crippen LogP contribution >= 0.6 is 0 Å². The zero-order chi connectivity index (χ0) is 30.6. The highest BCUT2D eigenvalue weighted by molar-refractivity contribution is 5.88. The second-order valence-corrected chi connectivity index (χ2v) is 9.92. The lowest BCUT2D eigenvalue weighted by Crippen LogP contribution is -2.60. The third-order valence-corrected chi connectivity index (χ3v) is 7.21. The predicted molar refractivity (Wildman–Crippen MR) is 135 cm³/mol. The first-order chi connectivity index (χ1) is 19.8. The van der Waals surface area contributed by atoms with E-state index >= 15 is 0 Å². The maximum absolute atomic E-state index is 13.2. The molecule has 0 unspecified atom stereocenters. The van der Waals surface area contributed by atoms with E-state index in [1.165, 1.54) is 12.1 Å². The average Bonchev–Trinajstić information content (AvgIpc) is 2.94. The van der Waals surface area contributed by atoms with E-state index in [4.69, 9.17) is 18.6 Å². The fraction of sp³-hybridized carbons (Fsp3) is 0.423. The quantitative estimate of drug-likeness (QED) is 0.142. The molecule has 1 aromatic heterocycles. The van der Waals surface area contributed by atoms with Crippen LogP contribution in [0.15, 0.2) is 39.5 Å². The van der Waals surface area contributed by atoms with Gasteiger partial charge in [-0.2, -0.15) is 0 Å². The first-order valence-electron chi connectivity index (χ1n) is 12.5. The molecule has 0 radical (unpaired) electrons. The van der Waals surface area contributed by atoms with Gasteiger partial charge in [-0.25, -0.2) is 0 Å².